The second kappa shape index (κ2) is 8.10. The Morgan fingerprint density at radius 3 is 2.75 bits per heavy atom. The Balaban J connectivity index is 1.96. The molecular formula is C11H20N4S. The van der Waals surface area contributed by atoms with Crippen molar-refractivity contribution >= 4 is 17.3 Å². The predicted octanol–water partition coefficient (Wildman–Crippen LogP) is 1.61. The summed E-state index contributed by atoms with van der Waals surface area (Å²) in [5, 5.41) is 7.13. The monoisotopic (exact) mass is 240 g/mol. The molecule has 0 fully saturated rings. The lowest BCUT2D eigenvalue weighted by molar-refractivity contribution is 0.718. The van der Waals surface area contributed by atoms with Crippen LogP contribution in [-0.2, 0) is 6.42 Å². The van der Waals surface area contributed by atoms with Crippen LogP contribution in [0.3, 0.4) is 0 Å². The molecule has 90 valence electrons. The third-order valence-electron chi connectivity index (χ3n) is 2.28. The molecule has 5 heteroatoms. The summed E-state index contributed by atoms with van der Waals surface area (Å²) >= 11 is 5.14. The summed E-state index contributed by atoms with van der Waals surface area (Å²) in [5.41, 5.74) is 1.17. The fraction of sp³-hybridized carbons (Fsp3) is 0.636. The van der Waals surface area contributed by atoms with Crippen LogP contribution in [0.25, 0.3) is 0 Å². The number of hydrogen-bond donors (Lipinski definition) is 3. The maximum absolute atomic E-state index is 5.14. The number of nitrogens with zero attached hydrogens (tertiary/aromatic N) is 1. The van der Waals surface area contributed by atoms with Crippen molar-refractivity contribution in [2.45, 2.75) is 32.6 Å². The zero-order chi connectivity index (χ0) is 11.6. The van der Waals surface area contributed by atoms with E-state index in [1.54, 1.807) is 6.33 Å². The first-order valence-corrected chi connectivity index (χ1v) is 6.22. The fourth-order valence-electron chi connectivity index (χ4n) is 1.34. The van der Waals surface area contributed by atoms with E-state index in [-0.39, 0.29) is 0 Å². The lowest BCUT2D eigenvalue weighted by atomic mass is 10.2. The van der Waals surface area contributed by atoms with Gasteiger partial charge in [0.1, 0.15) is 0 Å². The number of aromatic amines is 1. The van der Waals surface area contributed by atoms with Crippen LogP contribution in [-0.4, -0.2) is 28.2 Å². The molecule has 0 aliphatic carbocycles. The number of imidazole rings is 1. The van der Waals surface area contributed by atoms with E-state index in [0.717, 1.165) is 37.5 Å². The quantitative estimate of drug-likeness (QED) is 0.500. The minimum Gasteiger partial charge on any atom is -0.363 e. The van der Waals surface area contributed by atoms with Gasteiger partial charge in [-0.05, 0) is 31.5 Å². The van der Waals surface area contributed by atoms with Gasteiger partial charge in [-0.1, -0.05) is 13.3 Å². The molecule has 0 unspecified atom stereocenters. The molecule has 0 spiro atoms. The highest BCUT2D eigenvalue weighted by Crippen LogP contribution is 1.95. The minimum atomic E-state index is 0.762. The third-order valence-corrected chi connectivity index (χ3v) is 2.57. The second-order valence-corrected chi connectivity index (χ2v) is 4.12. The summed E-state index contributed by atoms with van der Waals surface area (Å²) < 4.78 is 0. The van der Waals surface area contributed by atoms with Crippen LogP contribution in [0.1, 0.15) is 31.9 Å². The number of thiocarbonyl (C=S) groups is 1. The normalized spacial score (nSPS) is 10.1. The van der Waals surface area contributed by atoms with Gasteiger partial charge in [0.05, 0.1) is 6.33 Å². The van der Waals surface area contributed by atoms with Crippen molar-refractivity contribution in [3.63, 3.8) is 0 Å². The van der Waals surface area contributed by atoms with Gasteiger partial charge in [0.15, 0.2) is 5.11 Å². The maximum atomic E-state index is 5.14. The molecule has 0 amide bonds. The van der Waals surface area contributed by atoms with Crippen LogP contribution in [0.2, 0.25) is 0 Å². The van der Waals surface area contributed by atoms with Crippen LogP contribution >= 0.6 is 12.2 Å². The molecule has 1 aromatic rings. The maximum Gasteiger partial charge on any atom is 0.166 e. The lowest BCUT2D eigenvalue weighted by Crippen LogP contribution is -2.36. The minimum absolute atomic E-state index is 0.762. The molecule has 0 aromatic carbocycles. The van der Waals surface area contributed by atoms with Gasteiger partial charge in [-0.15, -0.1) is 0 Å². The average Bonchev–Trinajstić information content (AvgIpc) is 2.78. The molecule has 16 heavy (non-hydrogen) atoms. The standard InChI is InChI=1S/C11H20N4S/c1-2-3-6-13-11(16)14-7-4-5-10-8-12-9-15-10/h8-9H,2-7H2,1H3,(H,12,15)(H2,13,14,16). The number of aryl methyl sites for hydroxylation is 1. The number of hydrogen-bond acceptors (Lipinski definition) is 2. The molecule has 0 saturated heterocycles. The largest absolute Gasteiger partial charge is 0.363 e. The first-order valence-electron chi connectivity index (χ1n) is 5.82. The van der Waals surface area contributed by atoms with Gasteiger partial charge >= 0.3 is 0 Å². The molecule has 0 bridgehead atoms. The van der Waals surface area contributed by atoms with Crippen LogP contribution in [0.5, 0.6) is 0 Å². The van der Waals surface area contributed by atoms with Crippen molar-refractivity contribution in [2.24, 2.45) is 0 Å². The van der Waals surface area contributed by atoms with Gasteiger partial charge in [-0.25, -0.2) is 4.98 Å². The summed E-state index contributed by atoms with van der Waals surface area (Å²) in [6.45, 7) is 4.03. The van der Waals surface area contributed by atoms with E-state index < -0.39 is 0 Å². The van der Waals surface area contributed by atoms with Crippen molar-refractivity contribution in [3.05, 3.63) is 18.2 Å². The Morgan fingerprint density at radius 1 is 1.38 bits per heavy atom. The molecule has 3 N–H and O–H groups in total. The highest BCUT2D eigenvalue weighted by atomic mass is 32.1. The van der Waals surface area contributed by atoms with Gasteiger partial charge in [0.25, 0.3) is 0 Å². The molecule has 1 aromatic heterocycles. The van der Waals surface area contributed by atoms with E-state index in [4.69, 9.17) is 12.2 Å². The SMILES string of the molecule is CCCCNC(=S)NCCCc1cnc[nH]1. The van der Waals surface area contributed by atoms with E-state index in [0.29, 0.717) is 0 Å². The Kier molecular flexibility index (Phi) is 6.56. The zero-order valence-corrected chi connectivity index (χ0v) is 10.6. The van der Waals surface area contributed by atoms with Gasteiger partial charge in [0, 0.05) is 25.0 Å². The van der Waals surface area contributed by atoms with E-state index in [1.807, 2.05) is 6.20 Å². The summed E-state index contributed by atoms with van der Waals surface area (Å²) in [4.78, 5) is 7.05. The van der Waals surface area contributed by atoms with Crippen LogP contribution < -0.4 is 10.6 Å². The molecular weight excluding hydrogens is 220 g/mol. The van der Waals surface area contributed by atoms with Crippen LogP contribution in [0.15, 0.2) is 12.5 Å². The van der Waals surface area contributed by atoms with Crippen molar-refractivity contribution in [3.8, 4) is 0 Å². The molecule has 4 nitrogen and oxygen atoms in total. The zero-order valence-electron chi connectivity index (χ0n) is 9.75. The second-order valence-electron chi connectivity index (χ2n) is 3.72. The molecule has 0 aliphatic rings. The first-order chi connectivity index (χ1) is 7.83. The van der Waals surface area contributed by atoms with Crippen molar-refractivity contribution in [1.82, 2.24) is 20.6 Å². The van der Waals surface area contributed by atoms with Crippen molar-refractivity contribution in [1.29, 1.82) is 0 Å². The van der Waals surface area contributed by atoms with Gasteiger partial charge < -0.3 is 15.6 Å². The van der Waals surface area contributed by atoms with Gasteiger partial charge in [-0.3, -0.25) is 0 Å². The Bertz CT molecular complexity index is 284. The van der Waals surface area contributed by atoms with E-state index in [2.05, 4.69) is 27.5 Å². The van der Waals surface area contributed by atoms with Crippen molar-refractivity contribution < 1.29 is 0 Å². The van der Waals surface area contributed by atoms with E-state index >= 15 is 0 Å². The predicted molar refractivity (Wildman–Crippen MR) is 70.4 cm³/mol. The van der Waals surface area contributed by atoms with Gasteiger partial charge in [-0.2, -0.15) is 0 Å². The highest BCUT2D eigenvalue weighted by molar-refractivity contribution is 7.80. The fourth-order valence-corrected chi connectivity index (χ4v) is 1.55. The number of H-pyrrole nitrogens is 1. The van der Waals surface area contributed by atoms with E-state index in [9.17, 15) is 0 Å². The molecule has 1 heterocycles. The van der Waals surface area contributed by atoms with Gasteiger partial charge in [0.2, 0.25) is 0 Å². The smallest absolute Gasteiger partial charge is 0.166 e. The van der Waals surface area contributed by atoms with Crippen molar-refractivity contribution in [2.75, 3.05) is 13.1 Å². The summed E-state index contributed by atoms with van der Waals surface area (Å²) in [6, 6.07) is 0. The topological polar surface area (TPSA) is 52.7 Å². The number of unbranched alkanes of at least 4 members (excludes halogenated alkanes) is 1. The number of nitrogens with one attached hydrogen (secondary N) is 3. The molecule has 0 aliphatic heterocycles. The number of aromatic nitrogens is 2. The van der Waals surface area contributed by atoms with Crippen LogP contribution in [0.4, 0.5) is 0 Å². The average molecular weight is 240 g/mol. The molecule has 0 saturated carbocycles. The Labute approximate surface area is 102 Å². The summed E-state index contributed by atoms with van der Waals surface area (Å²) in [7, 11) is 0. The first kappa shape index (κ1) is 13.0. The molecule has 1 rings (SSSR count). The highest BCUT2D eigenvalue weighted by Gasteiger charge is 1.96. The Morgan fingerprint density at radius 2 is 2.12 bits per heavy atom. The third kappa shape index (κ3) is 5.70. The molecule has 0 radical (unpaired) electrons. The number of rotatable bonds is 7. The Hall–Kier alpha value is -1.10. The molecule has 0 atom stereocenters. The van der Waals surface area contributed by atoms with E-state index in [1.165, 1.54) is 12.1 Å². The van der Waals surface area contributed by atoms with Crippen LogP contribution in [0, 0.1) is 0 Å². The summed E-state index contributed by atoms with van der Waals surface area (Å²) in [6.07, 6.45) is 7.98. The summed E-state index contributed by atoms with van der Waals surface area (Å²) in [5.74, 6) is 0. The lowest BCUT2D eigenvalue weighted by Gasteiger charge is -2.09.